The van der Waals surface area contributed by atoms with Gasteiger partial charge in [-0.1, -0.05) is 23.4 Å². The Balaban J connectivity index is 0.000000304. The lowest BCUT2D eigenvalue weighted by Gasteiger charge is -1.95. The summed E-state index contributed by atoms with van der Waals surface area (Å²) in [6.07, 6.45) is 1.80. The molecule has 0 bridgehead atoms. The molecule has 0 aromatic heterocycles. The van der Waals surface area contributed by atoms with Gasteiger partial charge in [-0.25, -0.2) is 0 Å². The summed E-state index contributed by atoms with van der Waals surface area (Å²) in [5, 5.41) is 9.62. The molecule has 1 aromatic carbocycles. The minimum absolute atomic E-state index is 0.0610. The van der Waals surface area contributed by atoms with Crippen LogP contribution in [0, 0.1) is 0 Å². The molecule has 0 saturated carbocycles. The van der Waals surface area contributed by atoms with Crippen molar-refractivity contribution >= 4 is 51.5 Å². The van der Waals surface area contributed by atoms with Crippen LogP contribution >= 0.6 is 35.6 Å². The molecule has 0 aliphatic heterocycles. The first kappa shape index (κ1) is 15.8. The molecule has 0 aliphatic rings. The molecule has 1 aromatic rings. The molecule has 0 fully saturated rings. The maximum absolute atomic E-state index is 8.86. The van der Waals surface area contributed by atoms with E-state index in [-0.39, 0.29) is 15.9 Å². The van der Waals surface area contributed by atoms with Crippen molar-refractivity contribution in [3.63, 3.8) is 0 Å². The quantitative estimate of drug-likeness (QED) is 0.190. The molecule has 5 nitrogen and oxygen atoms in total. The van der Waals surface area contributed by atoms with Crippen LogP contribution < -0.4 is 17.2 Å². The van der Waals surface area contributed by atoms with Gasteiger partial charge in [-0.05, 0) is 36.7 Å². The Kier molecular flexibility index (Phi) is 7.44. The molecule has 0 spiro atoms. The highest BCUT2D eigenvalue weighted by molar-refractivity contribution is 8.13. The molecule has 0 heterocycles. The fourth-order valence-corrected chi connectivity index (χ4v) is 1.21. The third kappa shape index (κ3) is 7.67. The highest BCUT2D eigenvalue weighted by Crippen LogP contribution is 2.24. The average molecular weight is 293 g/mol. The zero-order valence-electron chi connectivity index (χ0n) is 9.05. The number of halogens is 1. The monoisotopic (exact) mass is 292 g/mol. The van der Waals surface area contributed by atoms with Crippen molar-refractivity contribution in [2.24, 2.45) is 16.5 Å². The fourth-order valence-electron chi connectivity index (χ4n) is 0.677. The number of nitrogen functional groups attached to an aromatic ring is 1. The van der Waals surface area contributed by atoms with Crippen molar-refractivity contribution in [3.05, 3.63) is 23.2 Å². The smallest absolute Gasteiger partial charge is 0.192 e. The van der Waals surface area contributed by atoms with Crippen molar-refractivity contribution in [1.29, 1.82) is 0 Å². The molecule has 0 aliphatic carbocycles. The molecule has 8 heteroatoms. The van der Waals surface area contributed by atoms with Crippen LogP contribution in [0.2, 0.25) is 5.02 Å². The second kappa shape index (κ2) is 7.99. The SMILES string of the molecule is CS/C(N)=N/C(N)=S.Nc1ccc(O)c(Cl)c1. The normalized spacial score (nSPS) is 10.4. The summed E-state index contributed by atoms with van der Waals surface area (Å²) in [5.41, 5.74) is 16.1. The predicted molar refractivity (Wildman–Crippen MR) is 79.5 cm³/mol. The third-order valence-electron chi connectivity index (χ3n) is 1.40. The van der Waals surface area contributed by atoms with Gasteiger partial charge in [0.05, 0.1) is 5.02 Å². The molecule has 17 heavy (non-hydrogen) atoms. The Bertz CT molecular complexity index is 425. The highest BCUT2D eigenvalue weighted by atomic mass is 35.5. The summed E-state index contributed by atoms with van der Waals surface area (Å²) in [6.45, 7) is 0. The predicted octanol–water partition coefficient (Wildman–Crippen LogP) is 1.54. The van der Waals surface area contributed by atoms with E-state index in [1.54, 1.807) is 12.3 Å². The molecule has 94 valence electrons. The summed E-state index contributed by atoms with van der Waals surface area (Å²) < 4.78 is 0. The van der Waals surface area contributed by atoms with Gasteiger partial charge in [0.2, 0.25) is 0 Å². The van der Waals surface area contributed by atoms with Crippen molar-refractivity contribution < 1.29 is 5.11 Å². The van der Waals surface area contributed by atoms with E-state index in [9.17, 15) is 0 Å². The van der Waals surface area contributed by atoms with E-state index in [4.69, 9.17) is 33.9 Å². The molecule has 0 saturated heterocycles. The number of rotatable bonds is 0. The molecule has 7 N–H and O–H groups in total. The van der Waals surface area contributed by atoms with Gasteiger partial charge in [-0.3, -0.25) is 0 Å². The molecule has 0 amide bonds. The second-order valence-electron chi connectivity index (χ2n) is 2.70. The van der Waals surface area contributed by atoms with Gasteiger partial charge in [-0.15, -0.1) is 0 Å². The van der Waals surface area contributed by atoms with Crippen LogP contribution in [-0.4, -0.2) is 21.6 Å². The highest BCUT2D eigenvalue weighted by Gasteiger charge is 1.94. The van der Waals surface area contributed by atoms with E-state index < -0.39 is 0 Å². The zero-order valence-corrected chi connectivity index (χ0v) is 11.4. The van der Waals surface area contributed by atoms with E-state index in [1.807, 2.05) is 0 Å². The number of benzene rings is 1. The van der Waals surface area contributed by atoms with Crippen LogP contribution in [0.1, 0.15) is 0 Å². The summed E-state index contributed by atoms with van der Waals surface area (Å²) in [7, 11) is 0. The van der Waals surface area contributed by atoms with Crippen LogP contribution in [0.15, 0.2) is 23.2 Å². The van der Waals surface area contributed by atoms with Gasteiger partial charge in [0, 0.05) is 5.69 Å². The number of amidine groups is 1. The van der Waals surface area contributed by atoms with Gasteiger partial charge >= 0.3 is 0 Å². The van der Waals surface area contributed by atoms with E-state index in [1.165, 1.54) is 23.9 Å². The Labute approximate surface area is 114 Å². The molecular formula is C9H13ClN4OS2. The van der Waals surface area contributed by atoms with Crippen LogP contribution in [0.3, 0.4) is 0 Å². The second-order valence-corrected chi connectivity index (χ2v) is 4.36. The Morgan fingerprint density at radius 1 is 1.47 bits per heavy atom. The largest absolute Gasteiger partial charge is 0.506 e. The standard InChI is InChI=1S/C6H6ClNO.C3H7N3S2/c7-5-3-4(8)1-2-6(5)9;1-8-3(5)6-2(4)7/h1-3,9H,8H2;1H3,(H4,4,5,6,7). The van der Waals surface area contributed by atoms with Crippen LogP contribution in [0.4, 0.5) is 5.69 Å². The zero-order chi connectivity index (χ0) is 13.4. The summed E-state index contributed by atoms with van der Waals surface area (Å²) in [5.74, 6) is 0.0610. The number of nitrogens with two attached hydrogens (primary N) is 3. The molecular weight excluding hydrogens is 280 g/mol. The number of aromatic hydroxyl groups is 1. The lowest BCUT2D eigenvalue weighted by atomic mass is 10.3. The van der Waals surface area contributed by atoms with Gasteiger partial charge in [0.15, 0.2) is 10.3 Å². The molecule has 0 unspecified atom stereocenters. The van der Waals surface area contributed by atoms with E-state index in [0.29, 0.717) is 10.9 Å². The van der Waals surface area contributed by atoms with Crippen molar-refractivity contribution in [3.8, 4) is 5.75 Å². The van der Waals surface area contributed by atoms with Crippen molar-refractivity contribution in [2.75, 3.05) is 12.0 Å². The van der Waals surface area contributed by atoms with Gasteiger partial charge in [0.25, 0.3) is 0 Å². The fraction of sp³-hybridized carbons (Fsp3) is 0.111. The maximum Gasteiger partial charge on any atom is 0.192 e. The van der Waals surface area contributed by atoms with Crippen LogP contribution in [0.5, 0.6) is 5.75 Å². The topological polar surface area (TPSA) is 111 Å². The molecule has 0 radical (unpaired) electrons. The van der Waals surface area contributed by atoms with E-state index in [0.717, 1.165) is 0 Å². The Hall–Kier alpha value is -1.18. The van der Waals surface area contributed by atoms with Crippen LogP contribution in [0.25, 0.3) is 0 Å². The minimum atomic E-state index is 0.0610. The third-order valence-corrected chi connectivity index (χ3v) is 2.30. The van der Waals surface area contributed by atoms with Crippen LogP contribution in [-0.2, 0) is 0 Å². The number of thioether (sulfide) groups is 1. The van der Waals surface area contributed by atoms with Gasteiger partial charge < -0.3 is 22.3 Å². The number of phenolic OH excluding ortho intramolecular Hbond substituents is 1. The lowest BCUT2D eigenvalue weighted by molar-refractivity contribution is 0.475. The summed E-state index contributed by atoms with van der Waals surface area (Å²) >= 11 is 11.2. The first-order valence-corrected chi connectivity index (χ1v) is 6.29. The minimum Gasteiger partial charge on any atom is -0.506 e. The van der Waals surface area contributed by atoms with Crippen molar-refractivity contribution in [2.45, 2.75) is 0 Å². The number of aliphatic imine (C=N–C) groups is 1. The number of nitrogens with zero attached hydrogens (tertiary/aromatic N) is 1. The number of hydrogen-bond donors (Lipinski definition) is 4. The van der Waals surface area contributed by atoms with Gasteiger partial charge in [0.1, 0.15) is 5.75 Å². The first-order chi connectivity index (χ1) is 7.86. The Morgan fingerprint density at radius 3 is 2.35 bits per heavy atom. The van der Waals surface area contributed by atoms with E-state index in [2.05, 4.69) is 17.2 Å². The maximum atomic E-state index is 8.86. The first-order valence-electron chi connectivity index (χ1n) is 4.28. The number of phenols is 1. The summed E-state index contributed by atoms with van der Waals surface area (Å²) in [6, 6.07) is 4.54. The number of hydrogen-bond acceptors (Lipinski definition) is 4. The molecule has 1 rings (SSSR count). The van der Waals surface area contributed by atoms with Gasteiger partial charge in [-0.2, -0.15) is 4.99 Å². The lowest BCUT2D eigenvalue weighted by Crippen LogP contribution is -2.12. The number of thiocarbonyl (C=S) groups is 1. The average Bonchev–Trinajstić information content (AvgIpc) is 2.24. The van der Waals surface area contributed by atoms with Crippen molar-refractivity contribution in [1.82, 2.24) is 0 Å². The number of anilines is 1. The molecule has 0 atom stereocenters. The van der Waals surface area contributed by atoms with E-state index >= 15 is 0 Å². The summed E-state index contributed by atoms with van der Waals surface area (Å²) in [4.78, 5) is 3.56. The Morgan fingerprint density at radius 2 is 2.06 bits per heavy atom.